The Bertz CT molecular complexity index is 734. The molecule has 0 heterocycles. The van der Waals surface area contributed by atoms with Crippen molar-refractivity contribution < 1.29 is 21.9 Å². The van der Waals surface area contributed by atoms with Gasteiger partial charge in [0.1, 0.15) is 0 Å². The topological polar surface area (TPSA) is 54.0 Å². The van der Waals surface area contributed by atoms with Crippen LogP contribution in [0.1, 0.15) is 110 Å². The fraction of sp³-hybridized carbons (Fsp3) is 0.903. The Labute approximate surface area is 251 Å². The molecule has 0 aromatic rings. The van der Waals surface area contributed by atoms with E-state index in [4.69, 9.17) is 17.1 Å². The Morgan fingerprint density at radius 1 is 0.625 bits per heavy atom. The molecule has 232 valence electrons. The van der Waals surface area contributed by atoms with Crippen molar-refractivity contribution in [3.05, 3.63) is 12.2 Å². The van der Waals surface area contributed by atoms with Crippen molar-refractivity contribution in [3.63, 3.8) is 0 Å². The van der Waals surface area contributed by atoms with E-state index < -0.39 is 33.8 Å². The predicted molar refractivity (Wildman–Crippen MR) is 177 cm³/mol. The quantitative estimate of drug-likeness (QED) is 0.0831. The monoisotopic (exact) mass is 626 g/mol. The van der Waals surface area contributed by atoms with Crippen LogP contribution in [0.15, 0.2) is 12.2 Å². The fourth-order valence-electron chi connectivity index (χ4n) is 7.64. The zero-order chi connectivity index (χ0) is 29.4. The molecule has 0 N–H and O–H groups in total. The van der Waals surface area contributed by atoms with E-state index in [1.54, 1.807) is 6.92 Å². The lowest BCUT2D eigenvalue weighted by Crippen LogP contribution is -2.64. The Hall–Kier alpha value is -0.0425. The standard InChI is InChI=1S/C31H62O5Si4/c1-27(2)31(32)33-25-18-26-40(34-37(3,4)28-19-12-9-13-20-28,35-38(5,6)29-21-14-10-15-22-29)36-39(7,8)30-23-16-11-17-24-30/h28-30H,1,9-26H2,2-8H3. The van der Waals surface area contributed by atoms with Gasteiger partial charge in [0.15, 0.2) is 25.0 Å². The normalized spacial score (nSPS) is 21.4. The van der Waals surface area contributed by atoms with Gasteiger partial charge in [-0.3, -0.25) is 0 Å². The molecule has 3 aliphatic carbocycles. The summed E-state index contributed by atoms with van der Waals surface area (Å²) < 4.78 is 28.4. The Morgan fingerprint density at radius 3 is 1.25 bits per heavy atom. The number of esters is 1. The van der Waals surface area contributed by atoms with Crippen molar-refractivity contribution in [1.82, 2.24) is 0 Å². The van der Waals surface area contributed by atoms with Gasteiger partial charge in [-0.2, -0.15) is 0 Å². The van der Waals surface area contributed by atoms with E-state index in [1.165, 1.54) is 96.3 Å². The van der Waals surface area contributed by atoms with Crippen molar-refractivity contribution in [2.24, 2.45) is 0 Å². The van der Waals surface area contributed by atoms with Crippen molar-refractivity contribution in [2.45, 2.75) is 172 Å². The van der Waals surface area contributed by atoms with E-state index in [-0.39, 0.29) is 5.97 Å². The summed E-state index contributed by atoms with van der Waals surface area (Å²) in [5, 5.41) is 0. The summed E-state index contributed by atoms with van der Waals surface area (Å²) in [7, 11) is -9.39. The van der Waals surface area contributed by atoms with Crippen molar-refractivity contribution >= 4 is 39.7 Å². The van der Waals surface area contributed by atoms with Crippen LogP contribution >= 0.6 is 0 Å². The molecule has 0 saturated heterocycles. The van der Waals surface area contributed by atoms with E-state index >= 15 is 0 Å². The van der Waals surface area contributed by atoms with Gasteiger partial charge in [0.05, 0.1) is 6.61 Å². The van der Waals surface area contributed by atoms with Crippen molar-refractivity contribution in [3.8, 4) is 0 Å². The number of carbonyl (C=O) groups is 1. The van der Waals surface area contributed by atoms with Crippen LogP contribution in [0.2, 0.25) is 61.9 Å². The molecule has 40 heavy (non-hydrogen) atoms. The number of carbonyl (C=O) groups excluding carboxylic acids is 1. The lowest BCUT2D eigenvalue weighted by atomic mass is 10.0. The Morgan fingerprint density at radius 2 is 0.950 bits per heavy atom. The number of hydrogen-bond acceptors (Lipinski definition) is 5. The minimum Gasteiger partial charge on any atom is -0.462 e. The summed E-state index contributed by atoms with van der Waals surface area (Å²) in [5.41, 5.74) is 2.45. The number of hydrogen-bond donors (Lipinski definition) is 0. The first-order valence-corrected chi connectivity index (χ1v) is 27.6. The van der Waals surface area contributed by atoms with Gasteiger partial charge in [-0.25, -0.2) is 4.79 Å². The molecule has 5 nitrogen and oxygen atoms in total. The van der Waals surface area contributed by atoms with Gasteiger partial charge in [0.25, 0.3) is 0 Å². The number of ether oxygens (including phenoxy) is 1. The second-order valence-electron chi connectivity index (χ2n) is 14.8. The van der Waals surface area contributed by atoms with Gasteiger partial charge in [0, 0.05) is 11.6 Å². The maximum atomic E-state index is 12.2. The number of rotatable bonds is 14. The molecule has 0 bridgehead atoms. The van der Waals surface area contributed by atoms with E-state index in [0.29, 0.717) is 28.8 Å². The third-order valence-electron chi connectivity index (χ3n) is 10.2. The molecule has 3 saturated carbocycles. The van der Waals surface area contributed by atoms with Crippen LogP contribution in [0.4, 0.5) is 0 Å². The maximum absolute atomic E-state index is 12.2. The molecule has 0 atom stereocenters. The van der Waals surface area contributed by atoms with Gasteiger partial charge in [0.2, 0.25) is 0 Å². The molecule has 0 amide bonds. The summed E-state index contributed by atoms with van der Waals surface area (Å²) in [5.74, 6) is -0.305. The average Bonchev–Trinajstić information content (AvgIpc) is 2.91. The summed E-state index contributed by atoms with van der Waals surface area (Å²) >= 11 is 0. The van der Waals surface area contributed by atoms with E-state index in [2.05, 4.69) is 45.9 Å². The molecule has 3 aliphatic rings. The summed E-state index contributed by atoms with van der Waals surface area (Å²) in [6.45, 7) is 20.5. The zero-order valence-electron chi connectivity index (χ0n) is 27.2. The van der Waals surface area contributed by atoms with Gasteiger partial charge in [-0.1, -0.05) is 103 Å². The van der Waals surface area contributed by atoms with Crippen LogP contribution in [-0.2, 0) is 21.9 Å². The predicted octanol–water partition coefficient (Wildman–Crippen LogP) is 10.1. The highest BCUT2D eigenvalue weighted by Crippen LogP contribution is 2.46. The highest BCUT2D eigenvalue weighted by molar-refractivity contribution is 6.91. The first-order chi connectivity index (χ1) is 18.8. The first kappa shape index (κ1) is 34.4. The SMILES string of the molecule is C=C(C)C(=O)OCCC[Si](O[Si](C)(C)C1CCCCC1)(O[Si](C)(C)C1CCCCC1)O[Si](C)(C)C1CCCCC1. The molecule has 0 aromatic heterocycles. The smallest absolute Gasteiger partial charge is 0.462 e. The minimum atomic E-state index is -3.08. The highest BCUT2D eigenvalue weighted by atomic mass is 28.5. The first-order valence-electron chi connectivity index (χ1n) is 16.7. The molecule has 0 aromatic carbocycles. The van der Waals surface area contributed by atoms with Gasteiger partial charge in [-0.15, -0.1) is 0 Å². The Kier molecular flexibility index (Phi) is 13.0. The lowest BCUT2D eigenvalue weighted by Gasteiger charge is -2.50. The van der Waals surface area contributed by atoms with Crippen LogP contribution in [-0.4, -0.2) is 46.3 Å². The van der Waals surface area contributed by atoms with Gasteiger partial charge >= 0.3 is 14.8 Å². The molecule has 3 rings (SSSR count). The van der Waals surface area contributed by atoms with Crippen LogP contribution in [0.25, 0.3) is 0 Å². The third-order valence-corrected chi connectivity index (χ3v) is 28.9. The molecule has 0 spiro atoms. The molecule has 3 fully saturated rings. The Balaban J connectivity index is 1.94. The largest absolute Gasteiger partial charge is 0.469 e. The molecular weight excluding hydrogens is 565 g/mol. The molecule has 0 aliphatic heterocycles. The second-order valence-corrected chi connectivity index (χ2v) is 31.2. The van der Waals surface area contributed by atoms with E-state index in [0.717, 1.165) is 12.5 Å². The molecule has 9 heteroatoms. The van der Waals surface area contributed by atoms with Crippen molar-refractivity contribution in [2.75, 3.05) is 6.61 Å². The van der Waals surface area contributed by atoms with Crippen LogP contribution in [0, 0.1) is 0 Å². The summed E-state index contributed by atoms with van der Waals surface area (Å²) in [4.78, 5) is 12.2. The summed E-state index contributed by atoms with van der Waals surface area (Å²) in [6, 6.07) is 0.756. The van der Waals surface area contributed by atoms with Crippen molar-refractivity contribution in [1.29, 1.82) is 0 Å². The lowest BCUT2D eigenvalue weighted by molar-refractivity contribution is -0.139. The van der Waals surface area contributed by atoms with Crippen LogP contribution in [0.5, 0.6) is 0 Å². The van der Waals surface area contributed by atoms with E-state index in [1.807, 2.05) is 0 Å². The molecule has 0 radical (unpaired) electrons. The van der Waals surface area contributed by atoms with Crippen LogP contribution < -0.4 is 0 Å². The second kappa shape index (κ2) is 15.1. The minimum absolute atomic E-state index is 0.305. The maximum Gasteiger partial charge on any atom is 0.469 e. The van der Waals surface area contributed by atoms with Gasteiger partial charge in [-0.05, 0) is 69.3 Å². The average molecular weight is 627 g/mol. The molecule has 0 unspecified atom stereocenters. The van der Waals surface area contributed by atoms with E-state index in [9.17, 15) is 4.79 Å². The molecular formula is C31H62O5Si4. The van der Waals surface area contributed by atoms with Crippen LogP contribution in [0.3, 0.4) is 0 Å². The highest BCUT2D eigenvalue weighted by Gasteiger charge is 2.56. The fourth-order valence-corrected chi connectivity index (χ4v) is 28.1. The zero-order valence-corrected chi connectivity index (χ0v) is 31.2. The summed E-state index contributed by atoms with van der Waals surface area (Å²) in [6.07, 6.45) is 20.4. The van der Waals surface area contributed by atoms with Gasteiger partial charge < -0.3 is 17.1 Å². The third kappa shape index (κ3) is 10.0.